The molecular formula is C31H42N2O4. The lowest BCUT2D eigenvalue weighted by molar-refractivity contribution is -0.141. The molecule has 3 rings (SSSR count). The van der Waals surface area contributed by atoms with Gasteiger partial charge in [-0.15, -0.1) is 0 Å². The highest BCUT2D eigenvalue weighted by Crippen LogP contribution is 2.40. The molecule has 2 saturated carbocycles. The molecule has 0 atom stereocenters. The fourth-order valence-electron chi connectivity index (χ4n) is 5.87. The summed E-state index contributed by atoms with van der Waals surface area (Å²) in [6.07, 6.45) is 15.8. The van der Waals surface area contributed by atoms with Crippen LogP contribution in [-0.2, 0) is 9.59 Å². The van der Waals surface area contributed by atoms with Crippen LogP contribution in [-0.4, -0.2) is 11.9 Å². The van der Waals surface area contributed by atoms with E-state index >= 15 is 0 Å². The van der Waals surface area contributed by atoms with Gasteiger partial charge in [-0.25, -0.2) is 4.85 Å². The maximum absolute atomic E-state index is 12.9. The number of hydrogen-bond acceptors (Lipinski definition) is 5. The van der Waals surface area contributed by atoms with Gasteiger partial charge in [-0.1, -0.05) is 58.8 Å². The number of unbranched alkanes of at least 4 members (excludes halogenated alkanes) is 3. The highest BCUT2D eigenvalue weighted by Gasteiger charge is 2.31. The van der Waals surface area contributed by atoms with E-state index in [0.29, 0.717) is 11.8 Å². The number of nitriles is 1. The van der Waals surface area contributed by atoms with Crippen molar-refractivity contribution in [3.63, 3.8) is 0 Å². The van der Waals surface area contributed by atoms with Crippen LogP contribution in [0.15, 0.2) is 12.1 Å². The Kier molecular flexibility index (Phi) is 11.5. The standard InChI is InChI=1S/C31H42N2O4/c1-4-6-8-10-23-13-17-24(18-14-23)30(34)36-27-19-20-28(29(33-3)26(27)21-32)37-31(35)25-15-11-22(12-16-25)9-7-5-2/h19-20,22-25H,4-18H2,1-2H3. The molecule has 1 aromatic rings. The summed E-state index contributed by atoms with van der Waals surface area (Å²) in [7, 11) is 0. The van der Waals surface area contributed by atoms with Crippen molar-refractivity contribution in [2.24, 2.45) is 23.7 Å². The molecule has 0 aromatic heterocycles. The zero-order chi connectivity index (χ0) is 26.6. The van der Waals surface area contributed by atoms with Gasteiger partial charge in [0.2, 0.25) is 5.69 Å². The summed E-state index contributed by atoms with van der Waals surface area (Å²) in [5.74, 6) is 0.438. The summed E-state index contributed by atoms with van der Waals surface area (Å²) in [4.78, 5) is 29.2. The summed E-state index contributed by atoms with van der Waals surface area (Å²) in [5.41, 5.74) is -0.123. The quantitative estimate of drug-likeness (QED) is 0.130. The Labute approximate surface area is 222 Å². The van der Waals surface area contributed by atoms with Crippen LogP contribution in [0.1, 0.15) is 116 Å². The summed E-state index contributed by atoms with van der Waals surface area (Å²) < 4.78 is 11.2. The van der Waals surface area contributed by atoms with Crippen molar-refractivity contribution in [1.82, 2.24) is 0 Å². The molecule has 6 nitrogen and oxygen atoms in total. The van der Waals surface area contributed by atoms with Gasteiger partial charge in [0.25, 0.3) is 0 Å². The first-order chi connectivity index (χ1) is 18.0. The van der Waals surface area contributed by atoms with E-state index in [1.807, 2.05) is 6.07 Å². The minimum atomic E-state index is -0.344. The van der Waals surface area contributed by atoms with Crippen molar-refractivity contribution >= 4 is 17.6 Å². The third-order valence-corrected chi connectivity index (χ3v) is 8.29. The number of carbonyl (C=O) groups excluding carboxylic acids is 2. The third-order valence-electron chi connectivity index (χ3n) is 8.29. The monoisotopic (exact) mass is 506 g/mol. The average molecular weight is 507 g/mol. The van der Waals surface area contributed by atoms with Crippen LogP contribution in [0.4, 0.5) is 5.69 Å². The minimum absolute atomic E-state index is 0.0508. The number of hydrogen-bond donors (Lipinski definition) is 0. The van der Waals surface area contributed by atoms with Crippen molar-refractivity contribution in [3.8, 4) is 17.6 Å². The predicted octanol–water partition coefficient (Wildman–Crippen LogP) is 8.30. The fraction of sp³-hybridized carbons (Fsp3) is 0.677. The van der Waals surface area contributed by atoms with Crippen molar-refractivity contribution in [1.29, 1.82) is 5.26 Å². The lowest BCUT2D eigenvalue weighted by Crippen LogP contribution is -2.26. The van der Waals surface area contributed by atoms with Crippen LogP contribution < -0.4 is 9.47 Å². The zero-order valence-corrected chi connectivity index (χ0v) is 22.6. The van der Waals surface area contributed by atoms with Crippen LogP contribution in [0.2, 0.25) is 0 Å². The molecule has 0 radical (unpaired) electrons. The first-order valence-corrected chi connectivity index (χ1v) is 14.4. The molecule has 0 unspecified atom stereocenters. The summed E-state index contributed by atoms with van der Waals surface area (Å²) in [5, 5.41) is 9.77. The second-order valence-corrected chi connectivity index (χ2v) is 10.9. The van der Waals surface area contributed by atoms with E-state index in [2.05, 4.69) is 18.7 Å². The first-order valence-electron chi connectivity index (χ1n) is 14.4. The maximum Gasteiger partial charge on any atom is 0.314 e. The van der Waals surface area contributed by atoms with Crippen LogP contribution >= 0.6 is 0 Å². The van der Waals surface area contributed by atoms with Crippen LogP contribution in [0.5, 0.6) is 11.5 Å². The summed E-state index contributed by atoms with van der Waals surface area (Å²) in [6.45, 7) is 12.0. The molecule has 0 heterocycles. The topological polar surface area (TPSA) is 80.8 Å². The minimum Gasteiger partial charge on any atom is -0.438 e. The molecule has 0 saturated heterocycles. The summed E-state index contributed by atoms with van der Waals surface area (Å²) >= 11 is 0. The number of rotatable bonds is 11. The maximum atomic E-state index is 12.9. The molecule has 0 N–H and O–H groups in total. The lowest BCUT2D eigenvalue weighted by atomic mass is 9.80. The molecule has 2 aliphatic carbocycles. The molecule has 0 amide bonds. The predicted molar refractivity (Wildman–Crippen MR) is 143 cm³/mol. The first kappa shape index (κ1) is 28.7. The molecule has 0 aliphatic heterocycles. The van der Waals surface area contributed by atoms with E-state index in [1.54, 1.807) is 0 Å². The van der Waals surface area contributed by atoms with Crippen molar-refractivity contribution in [3.05, 3.63) is 29.1 Å². The average Bonchev–Trinajstić information content (AvgIpc) is 2.93. The highest BCUT2D eigenvalue weighted by molar-refractivity contribution is 5.82. The molecular weight excluding hydrogens is 464 g/mol. The van der Waals surface area contributed by atoms with Gasteiger partial charge in [-0.2, -0.15) is 5.26 Å². The largest absolute Gasteiger partial charge is 0.438 e. The van der Waals surface area contributed by atoms with Gasteiger partial charge in [0.15, 0.2) is 0 Å². The highest BCUT2D eigenvalue weighted by atomic mass is 16.5. The Morgan fingerprint density at radius 3 is 1.81 bits per heavy atom. The Balaban J connectivity index is 1.59. The van der Waals surface area contributed by atoms with E-state index in [0.717, 1.165) is 51.4 Å². The van der Waals surface area contributed by atoms with Crippen LogP contribution in [0.3, 0.4) is 0 Å². The van der Waals surface area contributed by atoms with Crippen LogP contribution in [0.25, 0.3) is 4.85 Å². The molecule has 0 spiro atoms. The van der Waals surface area contributed by atoms with E-state index in [1.165, 1.54) is 57.1 Å². The van der Waals surface area contributed by atoms with E-state index in [9.17, 15) is 14.9 Å². The van der Waals surface area contributed by atoms with Gasteiger partial charge >= 0.3 is 11.9 Å². The second-order valence-electron chi connectivity index (χ2n) is 10.9. The van der Waals surface area contributed by atoms with E-state index in [4.69, 9.17) is 16.0 Å². The Morgan fingerprint density at radius 2 is 1.32 bits per heavy atom. The summed E-state index contributed by atoms with van der Waals surface area (Å²) in [6, 6.07) is 4.95. The Bertz CT molecular complexity index is 990. The molecule has 2 fully saturated rings. The number of carbonyl (C=O) groups is 2. The number of esters is 2. The molecule has 37 heavy (non-hydrogen) atoms. The van der Waals surface area contributed by atoms with Crippen molar-refractivity contribution in [2.75, 3.05) is 0 Å². The SMILES string of the molecule is [C-]#[N+]c1c(OC(=O)C2CCC(CCCC)CC2)ccc(OC(=O)C2CCC(CCCCC)CC2)c1C#N. The van der Waals surface area contributed by atoms with Crippen LogP contribution in [0, 0.1) is 41.6 Å². The number of benzene rings is 1. The molecule has 1 aromatic carbocycles. The second kappa shape index (κ2) is 14.8. The molecule has 6 heteroatoms. The van der Waals surface area contributed by atoms with E-state index < -0.39 is 0 Å². The van der Waals surface area contributed by atoms with Gasteiger partial charge in [-0.3, -0.25) is 9.59 Å². The number of ether oxygens (including phenoxy) is 2. The Morgan fingerprint density at radius 1 is 0.838 bits per heavy atom. The van der Waals surface area contributed by atoms with E-state index in [-0.39, 0.29) is 46.5 Å². The lowest BCUT2D eigenvalue weighted by Gasteiger charge is -2.27. The molecule has 200 valence electrons. The number of nitrogens with zero attached hydrogens (tertiary/aromatic N) is 2. The van der Waals surface area contributed by atoms with Gasteiger partial charge in [0.05, 0.1) is 24.5 Å². The smallest absolute Gasteiger partial charge is 0.314 e. The third kappa shape index (κ3) is 8.06. The molecule has 0 bridgehead atoms. The zero-order valence-electron chi connectivity index (χ0n) is 22.6. The molecule has 2 aliphatic rings. The normalized spacial score (nSPS) is 23.5. The fourth-order valence-corrected chi connectivity index (χ4v) is 5.87. The van der Waals surface area contributed by atoms with Crippen molar-refractivity contribution < 1.29 is 19.1 Å². The van der Waals surface area contributed by atoms with Gasteiger partial charge in [-0.05, 0) is 75.3 Å². The van der Waals surface area contributed by atoms with Gasteiger partial charge < -0.3 is 9.47 Å². The van der Waals surface area contributed by atoms with Crippen molar-refractivity contribution in [2.45, 2.75) is 110 Å². The van der Waals surface area contributed by atoms with Gasteiger partial charge in [0.1, 0.15) is 17.1 Å². The Hall–Kier alpha value is -2.86. The van der Waals surface area contributed by atoms with Gasteiger partial charge in [0, 0.05) is 0 Å².